The predicted molar refractivity (Wildman–Crippen MR) is 31.2 cm³/mol. The van der Waals surface area contributed by atoms with Gasteiger partial charge in [-0.3, -0.25) is 0 Å². The Kier molecular flexibility index (Phi) is 7.70. The molecule has 0 aliphatic rings. The largest absolute Gasteiger partial charge is 1.00 e. The number of aldehydes is 1. The van der Waals surface area contributed by atoms with Crippen molar-refractivity contribution in [3.05, 3.63) is 0 Å². The molecule has 8 heavy (non-hydrogen) atoms. The van der Waals surface area contributed by atoms with Crippen molar-refractivity contribution in [1.29, 1.82) is 0 Å². The van der Waals surface area contributed by atoms with E-state index in [1.165, 1.54) is 0 Å². The average molecular weight is 140 g/mol. The molecule has 0 aromatic rings. The summed E-state index contributed by atoms with van der Waals surface area (Å²) < 4.78 is 0. The first kappa shape index (κ1) is 12.0. The molecule has 0 bridgehead atoms. The average Bonchev–Trinajstić information content (AvgIpc) is 1.68. The second-order valence-electron chi connectivity index (χ2n) is 2.46. The van der Waals surface area contributed by atoms with Gasteiger partial charge in [-0.2, -0.15) is 0 Å². The Morgan fingerprint density at radius 1 is 1.62 bits per heavy atom. The summed E-state index contributed by atoms with van der Waals surface area (Å²) in [6.45, 7) is 5.87. The van der Waals surface area contributed by atoms with Gasteiger partial charge in [-0.05, 0) is 6.42 Å². The summed E-state index contributed by atoms with van der Waals surface area (Å²) in [5.41, 5.74) is -0.0972. The van der Waals surface area contributed by atoms with Crippen LogP contribution >= 0.6 is 0 Å². The second kappa shape index (κ2) is 5.12. The van der Waals surface area contributed by atoms with Gasteiger partial charge in [0.05, 0.1) is 0 Å². The predicted octanol–water partition coefficient (Wildman–Crippen LogP) is -1.26. The van der Waals surface area contributed by atoms with Crippen LogP contribution in [0.15, 0.2) is 0 Å². The maximum absolute atomic E-state index is 10.1. The number of hydrogen-bond donors (Lipinski definition) is 0. The Morgan fingerprint density at radius 2 is 2.00 bits per heavy atom. The summed E-state index contributed by atoms with van der Waals surface area (Å²) in [6, 6.07) is 0. The molecule has 44 valence electrons. The first-order chi connectivity index (χ1) is 3.12. The zero-order valence-corrected chi connectivity index (χ0v) is 9.32. The molecule has 0 rings (SSSR count). The Hall–Kier alpha value is 1.31. The molecular weight excluding hydrogens is 127 g/mol. The minimum Gasteiger partial charge on any atom is -1.00 e. The van der Waals surface area contributed by atoms with Crippen LogP contribution in [0.3, 0.4) is 0 Å². The summed E-state index contributed by atoms with van der Waals surface area (Å²) in [5.74, 6) is 0. The maximum Gasteiger partial charge on any atom is 1.00 e. The fraction of sp³-hybridized carbons (Fsp3) is 0.833. The van der Waals surface area contributed by atoms with Gasteiger partial charge >= 0.3 is 51.4 Å². The van der Waals surface area contributed by atoms with E-state index in [0.29, 0.717) is 0 Å². The number of carbonyl (C=O) groups is 1. The second-order valence-corrected chi connectivity index (χ2v) is 2.46. The van der Waals surface area contributed by atoms with E-state index < -0.39 is 0 Å². The summed E-state index contributed by atoms with van der Waals surface area (Å²) in [5, 5.41) is 0. The Balaban J connectivity index is -0.000000180. The van der Waals surface area contributed by atoms with Crippen LogP contribution in [0.1, 0.15) is 28.6 Å². The quantitative estimate of drug-likeness (QED) is 0.345. The van der Waals surface area contributed by atoms with Gasteiger partial charge in [0, 0.05) is 5.41 Å². The van der Waals surface area contributed by atoms with E-state index in [4.69, 9.17) is 0 Å². The molecule has 0 unspecified atom stereocenters. The molecule has 0 spiro atoms. The molecule has 2 heteroatoms. The van der Waals surface area contributed by atoms with Crippen LogP contribution in [-0.4, -0.2) is 6.29 Å². The van der Waals surface area contributed by atoms with Crippen LogP contribution < -0.4 is 51.4 Å². The molecule has 0 aromatic carbocycles. The Morgan fingerprint density at radius 3 is 2.00 bits per heavy atom. The molecule has 0 saturated heterocycles. The van der Waals surface area contributed by atoms with Crippen molar-refractivity contribution in [2.45, 2.75) is 27.2 Å². The third kappa shape index (κ3) is 5.44. The molecule has 1 nitrogen and oxygen atoms in total. The van der Waals surface area contributed by atoms with E-state index in [2.05, 4.69) is 0 Å². The van der Waals surface area contributed by atoms with Crippen LogP contribution in [0.2, 0.25) is 0 Å². The third-order valence-corrected chi connectivity index (χ3v) is 1.23. The van der Waals surface area contributed by atoms with Crippen LogP contribution in [0.25, 0.3) is 0 Å². The van der Waals surface area contributed by atoms with Gasteiger partial charge in [0.1, 0.15) is 6.29 Å². The molecule has 0 fully saturated rings. The van der Waals surface area contributed by atoms with Crippen molar-refractivity contribution in [2.75, 3.05) is 0 Å². The maximum atomic E-state index is 10.1. The minimum atomic E-state index is -0.0972. The van der Waals surface area contributed by atoms with Crippen molar-refractivity contribution in [1.82, 2.24) is 0 Å². The van der Waals surface area contributed by atoms with Gasteiger partial charge in [-0.25, -0.2) is 0 Å². The topological polar surface area (TPSA) is 17.1 Å². The molecule has 0 aliphatic carbocycles. The van der Waals surface area contributed by atoms with Crippen molar-refractivity contribution < 1.29 is 57.6 Å². The number of hydrogen-bond acceptors (Lipinski definition) is 1. The van der Waals surface area contributed by atoms with Crippen LogP contribution in [0, 0.1) is 5.41 Å². The molecule has 0 aromatic heterocycles. The number of rotatable bonds is 2. The van der Waals surface area contributed by atoms with E-state index in [0.717, 1.165) is 12.7 Å². The van der Waals surface area contributed by atoms with Crippen molar-refractivity contribution in [3.63, 3.8) is 0 Å². The van der Waals surface area contributed by atoms with E-state index >= 15 is 0 Å². The van der Waals surface area contributed by atoms with Gasteiger partial charge in [-0.15, -0.1) is 0 Å². The molecule has 0 saturated carbocycles. The van der Waals surface area contributed by atoms with Crippen molar-refractivity contribution in [2.24, 2.45) is 5.41 Å². The van der Waals surface area contributed by atoms with Gasteiger partial charge < -0.3 is 6.22 Å². The summed E-state index contributed by atoms with van der Waals surface area (Å²) in [6.07, 6.45) is 1.92. The SMILES string of the molecule is CCC(C)(C)C=O.[H-].[K+]. The summed E-state index contributed by atoms with van der Waals surface area (Å²) in [4.78, 5) is 10.1. The normalized spacial score (nSPS) is 9.88. The van der Waals surface area contributed by atoms with Gasteiger partial charge in [0.2, 0.25) is 0 Å². The fourth-order valence-electron chi connectivity index (χ4n) is 0.0833. The monoisotopic (exact) mass is 140 g/mol. The van der Waals surface area contributed by atoms with Gasteiger partial charge in [0.25, 0.3) is 0 Å². The summed E-state index contributed by atoms with van der Waals surface area (Å²) >= 11 is 0. The molecular formula is C6H13KO. The molecule has 0 atom stereocenters. The molecule has 0 N–H and O–H groups in total. The third-order valence-electron chi connectivity index (χ3n) is 1.23. The fourth-order valence-corrected chi connectivity index (χ4v) is 0.0833. The first-order valence-electron chi connectivity index (χ1n) is 2.59. The van der Waals surface area contributed by atoms with Crippen LogP contribution in [0.4, 0.5) is 0 Å². The van der Waals surface area contributed by atoms with E-state index in [-0.39, 0.29) is 58.2 Å². The van der Waals surface area contributed by atoms with E-state index in [1.54, 1.807) is 0 Å². The van der Waals surface area contributed by atoms with Gasteiger partial charge in [-0.1, -0.05) is 20.8 Å². The first-order valence-corrected chi connectivity index (χ1v) is 2.59. The van der Waals surface area contributed by atoms with Crippen LogP contribution in [0.5, 0.6) is 0 Å². The standard InChI is InChI=1S/C6H12O.K.H/c1-4-6(2,3)5-7;;/h5H,4H2,1-3H3;;/q;+1;-1. The van der Waals surface area contributed by atoms with E-state index in [1.807, 2.05) is 20.8 Å². The molecule has 0 aliphatic heterocycles. The zero-order chi connectivity index (χ0) is 5.91. The number of carbonyl (C=O) groups excluding carboxylic acids is 1. The van der Waals surface area contributed by atoms with Crippen molar-refractivity contribution in [3.8, 4) is 0 Å². The van der Waals surface area contributed by atoms with Crippen LogP contribution in [-0.2, 0) is 4.79 Å². The molecule has 0 radical (unpaired) electrons. The summed E-state index contributed by atoms with van der Waals surface area (Å²) in [7, 11) is 0. The van der Waals surface area contributed by atoms with E-state index in [9.17, 15) is 4.79 Å². The van der Waals surface area contributed by atoms with Crippen molar-refractivity contribution >= 4 is 6.29 Å². The Labute approximate surface area is 95.1 Å². The molecule has 0 amide bonds. The molecule has 0 heterocycles. The smallest absolute Gasteiger partial charge is 1.00 e. The zero-order valence-electron chi connectivity index (χ0n) is 7.19. The van der Waals surface area contributed by atoms with Gasteiger partial charge in [0.15, 0.2) is 0 Å². The minimum absolute atomic E-state index is 0. The Bertz CT molecular complexity index is 73.5.